The van der Waals surface area contributed by atoms with E-state index in [0.717, 1.165) is 15.7 Å². The lowest BCUT2D eigenvalue weighted by Crippen LogP contribution is -2.07. The van der Waals surface area contributed by atoms with Crippen molar-refractivity contribution < 1.29 is 0 Å². The monoisotopic (exact) mass is 305 g/mol. The van der Waals surface area contributed by atoms with E-state index < -0.39 is 0 Å². The molecule has 3 aromatic rings. The summed E-state index contributed by atoms with van der Waals surface area (Å²) < 4.78 is 2.56. The first-order valence-corrected chi connectivity index (χ1v) is 6.02. The number of aromatic nitrogens is 5. The highest BCUT2D eigenvalue weighted by Gasteiger charge is 2.10. The predicted molar refractivity (Wildman–Crippen MR) is 69.7 cm³/mol. The molecule has 3 rings (SSSR count). The molecule has 0 aliphatic carbocycles. The summed E-state index contributed by atoms with van der Waals surface area (Å²) in [5.74, 6) is 0. The molecular weight excluding hydrogens is 298 g/mol. The molecule has 0 aliphatic heterocycles. The molecule has 0 bridgehead atoms. The van der Waals surface area contributed by atoms with Crippen LogP contribution in [0.4, 0.5) is 0 Å². The second-order valence-corrected chi connectivity index (χ2v) is 4.69. The smallest absolute Gasteiger partial charge is 0.280 e. The van der Waals surface area contributed by atoms with Crippen LogP contribution < -0.4 is 5.56 Å². The molecule has 0 saturated carbocycles. The number of aryl methyl sites for hydroxylation is 1. The molecule has 2 heterocycles. The zero-order valence-corrected chi connectivity index (χ0v) is 11.0. The summed E-state index contributed by atoms with van der Waals surface area (Å²) >= 11 is 3.44. The van der Waals surface area contributed by atoms with Gasteiger partial charge in [-0.1, -0.05) is 21.1 Å². The van der Waals surface area contributed by atoms with Gasteiger partial charge in [0.15, 0.2) is 11.2 Å². The lowest BCUT2D eigenvalue weighted by atomic mass is 10.2. The second-order valence-electron chi connectivity index (χ2n) is 3.84. The molecule has 0 spiro atoms. The maximum Gasteiger partial charge on any atom is 0.280 e. The lowest BCUT2D eigenvalue weighted by Gasteiger charge is -2.03. The van der Waals surface area contributed by atoms with Crippen LogP contribution in [0.5, 0.6) is 0 Å². The number of hydrogen-bond donors (Lipinski definition) is 1. The van der Waals surface area contributed by atoms with E-state index >= 15 is 0 Å². The average molecular weight is 306 g/mol. The Bertz CT molecular complexity index is 791. The standard InChI is InChI=1S/C11H8BrN5O/c1-6-4-7(2-3-8(6)12)17-10-9(15-16-17)11(18)14-5-13-10/h2-5H,1H3,(H,13,14,18). The first-order chi connectivity index (χ1) is 8.66. The lowest BCUT2D eigenvalue weighted by molar-refractivity contribution is 0.816. The van der Waals surface area contributed by atoms with E-state index in [1.807, 2.05) is 25.1 Å². The Kier molecular flexibility index (Phi) is 2.48. The number of nitrogens with one attached hydrogen (secondary N) is 1. The normalized spacial score (nSPS) is 11.0. The van der Waals surface area contributed by atoms with Crippen molar-refractivity contribution in [3.8, 4) is 5.69 Å². The third-order valence-electron chi connectivity index (χ3n) is 2.63. The number of aromatic amines is 1. The Morgan fingerprint density at radius 2 is 2.22 bits per heavy atom. The minimum absolute atomic E-state index is 0.234. The third-order valence-corrected chi connectivity index (χ3v) is 3.52. The highest BCUT2D eigenvalue weighted by Crippen LogP contribution is 2.20. The fourth-order valence-electron chi connectivity index (χ4n) is 1.69. The van der Waals surface area contributed by atoms with Gasteiger partial charge in [0.1, 0.15) is 0 Å². The molecule has 1 aromatic carbocycles. The van der Waals surface area contributed by atoms with E-state index in [2.05, 4.69) is 36.2 Å². The molecule has 0 saturated heterocycles. The van der Waals surface area contributed by atoms with Crippen LogP contribution >= 0.6 is 15.9 Å². The largest absolute Gasteiger partial charge is 0.311 e. The van der Waals surface area contributed by atoms with E-state index in [9.17, 15) is 4.79 Å². The summed E-state index contributed by atoms with van der Waals surface area (Å²) in [5.41, 5.74) is 2.27. The second kappa shape index (κ2) is 4.02. The molecule has 0 amide bonds. The molecule has 18 heavy (non-hydrogen) atoms. The summed E-state index contributed by atoms with van der Waals surface area (Å²) in [6.45, 7) is 1.98. The summed E-state index contributed by atoms with van der Waals surface area (Å²) in [6.07, 6.45) is 1.34. The van der Waals surface area contributed by atoms with Gasteiger partial charge in [-0.25, -0.2) is 4.98 Å². The van der Waals surface area contributed by atoms with E-state index in [1.54, 1.807) is 4.68 Å². The molecule has 7 heteroatoms. The minimum atomic E-state index is -0.292. The van der Waals surface area contributed by atoms with Gasteiger partial charge in [0.2, 0.25) is 0 Å². The Balaban J connectivity index is 2.29. The van der Waals surface area contributed by atoms with Crippen molar-refractivity contribution in [2.24, 2.45) is 0 Å². The molecule has 0 aliphatic rings. The van der Waals surface area contributed by atoms with Crippen molar-refractivity contribution in [3.63, 3.8) is 0 Å². The van der Waals surface area contributed by atoms with Gasteiger partial charge in [0.25, 0.3) is 5.56 Å². The van der Waals surface area contributed by atoms with Gasteiger partial charge in [0.05, 0.1) is 12.0 Å². The van der Waals surface area contributed by atoms with Crippen molar-refractivity contribution in [2.75, 3.05) is 0 Å². The zero-order chi connectivity index (χ0) is 12.7. The van der Waals surface area contributed by atoms with E-state index in [-0.39, 0.29) is 11.1 Å². The number of halogens is 1. The van der Waals surface area contributed by atoms with Crippen LogP contribution in [0.25, 0.3) is 16.9 Å². The van der Waals surface area contributed by atoms with Crippen LogP contribution in [0, 0.1) is 6.92 Å². The maximum atomic E-state index is 11.5. The summed E-state index contributed by atoms with van der Waals surface area (Å²) in [5, 5.41) is 7.81. The number of rotatable bonds is 1. The number of nitrogens with zero attached hydrogens (tertiary/aromatic N) is 4. The number of H-pyrrole nitrogens is 1. The third kappa shape index (κ3) is 1.63. The van der Waals surface area contributed by atoms with E-state index in [4.69, 9.17) is 0 Å². The highest BCUT2D eigenvalue weighted by molar-refractivity contribution is 9.10. The Labute approximate surface area is 110 Å². The van der Waals surface area contributed by atoms with Gasteiger partial charge >= 0.3 is 0 Å². The summed E-state index contributed by atoms with van der Waals surface area (Å²) in [7, 11) is 0. The molecule has 90 valence electrons. The molecule has 0 atom stereocenters. The van der Waals surface area contributed by atoms with Crippen molar-refractivity contribution in [1.29, 1.82) is 0 Å². The van der Waals surface area contributed by atoms with Gasteiger partial charge in [-0.05, 0) is 30.7 Å². The SMILES string of the molecule is Cc1cc(-n2nnc3c(=O)[nH]cnc32)ccc1Br. The van der Waals surface area contributed by atoms with Crippen molar-refractivity contribution in [1.82, 2.24) is 25.0 Å². The van der Waals surface area contributed by atoms with E-state index in [0.29, 0.717) is 5.65 Å². The minimum Gasteiger partial charge on any atom is -0.311 e. The topological polar surface area (TPSA) is 76.5 Å². The van der Waals surface area contributed by atoms with Crippen LogP contribution in [-0.2, 0) is 0 Å². The molecule has 1 N–H and O–H groups in total. The Morgan fingerprint density at radius 1 is 1.39 bits per heavy atom. The van der Waals surface area contributed by atoms with Crippen molar-refractivity contribution in [2.45, 2.75) is 6.92 Å². The Morgan fingerprint density at radius 3 is 3.00 bits per heavy atom. The highest BCUT2D eigenvalue weighted by atomic mass is 79.9. The quantitative estimate of drug-likeness (QED) is 0.740. The van der Waals surface area contributed by atoms with Crippen LogP contribution in [0.2, 0.25) is 0 Å². The van der Waals surface area contributed by atoms with Crippen molar-refractivity contribution in [3.05, 3.63) is 44.9 Å². The van der Waals surface area contributed by atoms with Crippen molar-refractivity contribution >= 4 is 27.1 Å². The van der Waals surface area contributed by atoms with Gasteiger partial charge in [-0.15, -0.1) is 5.10 Å². The van der Waals surface area contributed by atoms with Crippen LogP contribution in [-0.4, -0.2) is 25.0 Å². The summed E-state index contributed by atoms with van der Waals surface area (Å²) in [4.78, 5) is 18.1. The fraction of sp³-hybridized carbons (Fsp3) is 0.0909. The van der Waals surface area contributed by atoms with Gasteiger partial charge in [0, 0.05) is 4.47 Å². The molecular formula is C11H8BrN5O. The van der Waals surface area contributed by atoms with Gasteiger partial charge < -0.3 is 4.98 Å². The van der Waals surface area contributed by atoms with Crippen LogP contribution in [0.15, 0.2) is 33.8 Å². The molecule has 6 nitrogen and oxygen atoms in total. The van der Waals surface area contributed by atoms with Gasteiger partial charge in [-0.2, -0.15) is 4.68 Å². The maximum absolute atomic E-state index is 11.5. The summed E-state index contributed by atoms with van der Waals surface area (Å²) in [6, 6.07) is 5.75. The average Bonchev–Trinajstić information content (AvgIpc) is 2.78. The molecule has 0 radical (unpaired) electrons. The van der Waals surface area contributed by atoms with Crippen LogP contribution in [0.1, 0.15) is 5.56 Å². The fourth-order valence-corrected chi connectivity index (χ4v) is 1.94. The first kappa shape index (κ1) is 11.1. The number of benzene rings is 1. The predicted octanol–water partition coefficient (Wildman–Crippen LogP) is 1.57. The molecule has 0 fully saturated rings. The van der Waals surface area contributed by atoms with Gasteiger partial charge in [-0.3, -0.25) is 4.79 Å². The number of fused-ring (bicyclic) bond motifs is 1. The molecule has 0 unspecified atom stereocenters. The Hall–Kier alpha value is -2.02. The van der Waals surface area contributed by atoms with Crippen LogP contribution in [0.3, 0.4) is 0 Å². The first-order valence-electron chi connectivity index (χ1n) is 5.22. The van der Waals surface area contributed by atoms with E-state index in [1.165, 1.54) is 6.33 Å². The molecule has 2 aromatic heterocycles. The number of hydrogen-bond acceptors (Lipinski definition) is 4. The zero-order valence-electron chi connectivity index (χ0n) is 9.38.